The average molecular weight is 236 g/mol. The van der Waals surface area contributed by atoms with Crippen LogP contribution >= 0.6 is 0 Å². The summed E-state index contributed by atoms with van der Waals surface area (Å²) >= 11 is 0. The van der Waals surface area contributed by atoms with Crippen LogP contribution in [0.25, 0.3) is 0 Å². The lowest BCUT2D eigenvalue weighted by molar-refractivity contribution is -0.139. The zero-order valence-corrected chi connectivity index (χ0v) is 10.2. The summed E-state index contributed by atoms with van der Waals surface area (Å²) in [6.45, 7) is 4.72. The lowest BCUT2D eigenvalue weighted by Gasteiger charge is -2.37. The number of carbonyl (C=O) groups is 2. The van der Waals surface area contributed by atoms with Gasteiger partial charge in [0.1, 0.15) is 5.54 Å². The maximum atomic E-state index is 12.5. The number of hydrogen-bond donors (Lipinski definition) is 1. The number of amides is 2. The van der Waals surface area contributed by atoms with Gasteiger partial charge in [-0.1, -0.05) is 25.3 Å². The molecule has 0 atom stereocenters. The van der Waals surface area contributed by atoms with E-state index in [1.54, 1.807) is 11.0 Å². The first kappa shape index (κ1) is 12.1. The Bertz CT molecular complexity index is 332. The molecule has 0 aromatic carbocycles. The number of nitrogens with zero attached hydrogens (tertiary/aromatic N) is 1. The van der Waals surface area contributed by atoms with Gasteiger partial charge in [0.15, 0.2) is 0 Å². The summed E-state index contributed by atoms with van der Waals surface area (Å²) in [5, 5.41) is 2.97. The van der Waals surface area contributed by atoms with Gasteiger partial charge in [0.2, 0.25) is 11.8 Å². The summed E-state index contributed by atoms with van der Waals surface area (Å²) in [5.74, 6) is 0.0924. The molecule has 4 heteroatoms. The summed E-state index contributed by atoms with van der Waals surface area (Å²) in [6, 6.07) is 0. The molecule has 2 amide bonds. The molecular weight excluding hydrogens is 216 g/mol. The number of nitrogens with one attached hydrogen (secondary N) is 1. The highest BCUT2D eigenvalue weighted by molar-refractivity contribution is 5.93. The molecule has 0 radical (unpaired) electrons. The third kappa shape index (κ3) is 2.35. The van der Waals surface area contributed by atoms with Gasteiger partial charge in [-0.15, -0.1) is 6.58 Å². The second kappa shape index (κ2) is 4.90. The predicted octanol–water partition coefficient (Wildman–Crippen LogP) is 1.22. The van der Waals surface area contributed by atoms with Crippen LogP contribution in [-0.4, -0.2) is 35.3 Å². The number of hydrogen-bond acceptors (Lipinski definition) is 2. The van der Waals surface area contributed by atoms with Crippen molar-refractivity contribution in [2.45, 2.75) is 44.1 Å². The molecule has 0 bridgehead atoms. The van der Waals surface area contributed by atoms with E-state index in [1.165, 1.54) is 0 Å². The monoisotopic (exact) mass is 236 g/mol. The Balaban J connectivity index is 2.23. The predicted molar refractivity (Wildman–Crippen MR) is 65.4 cm³/mol. The fourth-order valence-corrected chi connectivity index (χ4v) is 2.85. The largest absolute Gasteiger partial charge is 0.342 e. The van der Waals surface area contributed by atoms with Crippen LogP contribution < -0.4 is 5.32 Å². The van der Waals surface area contributed by atoms with Crippen LogP contribution in [0.1, 0.15) is 38.5 Å². The van der Waals surface area contributed by atoms with Crippen molar-refractivity contribution >= 4 is 11.8 Å². The molecule has 1 saturated carbocycles. The second-order valence-electron chi connectivity index (χ2n) is 4.98. The molecule has 1 aliphatic heterocycles. The van der Waals surface area contributed by atoms with Crippen molar-refractivity contribution in [1.29, 1.82) is 0 Å². The molecule has 4 nitrogen and oxygen atoms in total. The van der Waals surface area contributed by atoms with Crippen molar-refractivity contribution in [3.63, 3.8) is 0 Å². The Morgan fingerprint density at radius 2 is 2.00 bits per heavy atom. The van der Waals surface area contributed by atoms with Crippen LogP contribution in [0.4, 0.5) is 0 Å². The Hall–Kier alpha value is -1.32. The van der Waals surface area contributed by atoms with E-state index in [2.05, 4.69) is 11.9 Å². The summed E-state index contributed by atoms with van der Waals surface area (Å²) in [6.07, 6.45) is 6.90. The second-order valence-corrected chi connectivity index (χ2v) is 4.98. The Morgan fingerprint density at radius 3 is 2.65 bits per heavy atom. The van der Waals surface area contributed by atoms with E-state index >= 15 is 0 Å². The van der Waals surface area contributed by atoms with Gasteiger partial charge in [-0.05, 0) is 12.8 Å². The van der Waals surface area contributed by atoms with Crippen molar-refractivity contribution in [3.05, 3.63) is 12.7 Å². The summed E-state index contributed by atoms with van der Waals surface area (Å²) < 4.78 is 0. The molecule has 2 fully saturated rings. The minimum Gasteiger partial charge on any atom is -0.342 e. The van der Waals surface area contributed by atoms with Crippen LogP contribution in [-0.2, 0) is 9.59 Å². The zero-order chi connectivity index (χ0) is 12.3. The van der Waals surface area contributed by atoms with Gasteiger partial charge in [-0.3, -0.25) is 9.59 Å². The smallest absolute Gasteiger partial charge is 0.248 e. The fraction of sp³-hybridized carbons (Fsp3) is 0.692. The Morgan fingerprint density at radius 1 is 1.29 bits per heavy atom. The van der Waals surface area contributed by atoms with Gasteiger partial charge in [0.25, 0.3) is 0 Å². The minimum absolute atomic E-state index is 0.00631. The number of carbonyl (C=O) groups excluding carboxylic acids is 2. The first-order valence-electron chi connectivity index (χ1n) is 6.39. The van der Waals surface area contributed by atoms with Gasteiger partial charge in [-0.25, -0.2) is 0 Å². The zero-order valence-electron chi connectivity index (χ0n) is 10.2. The molecule has 1 heterocycles. The average Bonchev–Trinajstić information content (AvgIpc) is 2.43. The first-order valence-corrected chi connectivity index (χ1v) is 6.39. The molecule has 2 rings (SSSR count). The molecular formula is C13H20N2O2. The highest BCUT2D eigenvalue weighted by Gasteiger charge is 2.44. The van der Waals surface area contributed by atoms with E-state index in [9.17, 15) is 9.59 Å². The molecule has 0 aromatic rings. The van der Waals surface area contributed by atoms with Gasteiger partial charge < -0.3 is 10.2 Å². The molecule has 2 aliphatic rings. The third-order valence-corrected chi connectivity index (χ3v) is 3.74. The van der Waals surface area contributed by atoms with Crippen molar-refractivity contribution in [3.8, 4) is 0 Å². The maximum Gasteiger partial charge on any atom is 0.248 e. The van der Waals surface area contributed by atoms with Crippen molar-refractivity contribution < 1.29 is 9.59 Å². The van der Waals surface area contributed by atoms with E-state index in [1.807, 2.05) is 0 Å². The van der Waals surface area contributed by atoms with E-state index in [0.29, 0.717) is 19.5 Å². The number of rotatable bonds is 2. The van der Waals surface area contributed by atoms with Crippen LogP contribution in [0.15, 0.2) is 12.7 Å². The standard InChI is InChI=1S/C13H20N2O2/c1-2-9-15-10-6-11(16)14-13(12(15)17)7-4-3-5-8-13/h2H,1,3-10H2,(H,14,16). The summed E-state index contributed by atoms with van der Waals surface area (Å²) in [5.41, 5.74) is -0.616. The molecule has 1 saturated heterocycles. The van der Waals surface area contributed by atoms with Crippen molar-refractivity contribution in [2.75, 3.05) is 13.1 Å². The Kier molecular flexibility index (Phi) is 3.50. The van der Waals surface area contributed by atoms with E-state index in [-0.39, 0.29) is 11.8 Å². The fourth-order valence-electron chi connectivity index (χ4n) is 2.85. The summed E-state index contributed by atoms with van der Waals surface area (Å²) in [4.78, 5) is 26.0. The Labute approximate surface area is 102 Å². The van der Waals surface area contributed by atoms with Crippen LogP contribution in [0.2, 0.25) is 0 Å². The highest BCUT2D eigenvalue weighted by Crippen LogP contribution is 2.31. The first-order chi connectivity index (χ1) is 8.18. The lowest BCUT2D eigenvalue weighted by atomic mass is 9.80. The molecule has 0 aromatic heterocycles. The van der Waals surface area contributed by atoms with Crippen LogP contribution in [0.5, 0.6) is 0 Å². The lowest BCUT2D eigenvalue weighted by Crippen LogP contribution is -2.58. The van der Waals surface area contributed by atoms with Gasteiger partial charge in [0, 0.05) is 19.5 Å². The van der Waals surface area contributed by atoms with Gasteiger partial charge in [0.05, 0.1) is 0 Å². The minimum atomic E-state index is -0.616. The highest BCUT2D eigenvalue weighted by atomic mass is 16.2. The maximum absolute atomic E-state index is 12.5. The molecule has 17 heavy (non-hydrogen) atoms. The normalized spacial score (nSPS) is 24.4. The molecule has 1 N–H and O–H groups in total. The molecule has 1 aliphatic carbocycles. The summed E-state index contributed by atoms with van der Waals surface area (Å²) in [7, 11) is 0. The van der Waals surface area contributed by atoms with Crippen LogP contribution in [0.3, 0.4) is 0 Å². The van der Waals surface area contributed by atoms with Crippen molar-refractivity contribution in [1.82, 2.24) is 10.2 Å². The van der Waals surface area contributed by atoms with Crippen molar-refractivity contribution in [2.24, 2.45) is 0 Å². The third-order valence-electron chi connectivity index (χ3n) is 3.74. The molecule has 1 spiro atoms. The SMILES string of the molecule is C=CCN1CCC(=O)NC2(CCCCC2)C1=O. The van der Waals surface area contributed by atoms with Gasteiger partial charge in [-0.2, -0.15) is 0 Å². The van der Waals surface area contributed by atoms with E-state index in [4.69, 9.17) is 0 Å². The molecule has 0 unspecified atom stereocenters. The van der Waals surface area contributed by atoms with Gasteiger partial charge >= 0.3 is 0 Å². The van der Waals surface area contributed by atoms with E-state index < -0.39 is 5.54 Å². The topological polar surface area (TPSA) is 49.4 Å². The van der Waals surface area contributed by atoms with Crippen LogP contribution in [0, 0.1) is 0 Å². The molecule has 94 valence electrons. The van der Waals surface area contributed by atoms with E-state index in [0.717, 1.165) is 32.1 Å². The quantitative estimate of drug-likeness (QED) is 0.733.